The van der Waals surface area contributed by atoms with Crippen molar-refractivity contribution < 1.29 is 14.3 Å². The Morgan fingerprint density at radius 3 is 2.54 bits per heavy atom. The number of carbonyl (C=O) groups is 2. The normalized spacial score (nSPS) is 25.2. The van der Waals surface area contributed by atoms with Crippen molar-refractivity contribution in [1.82, 2.24) is 25.8 Å². The molecule has 0 bridgehead atoms. The molecule has 3 fully saturated rings. The van der Waals surface area contributed by atoms with Gasteiger partial charge in [-0.1, -0.05) is 62.4 Å². The molecule has 3 amide bonds. The van der Waals surface area contributed by atoms with Crippen LogP contribution >= 0.6 is 0 Å². The highest BCUT2D eigenvalue weighted by molar-refractivity contribution is 5.83. The smallest absolute Gasteiger partial charge is 0.314 e. The van der Waals surface area contributed by atoms with E-state index in [1.165, 1.54) is 24.8 Å². The van der Waals surface area contributed by atoms with Crippen molar-refractivity contribution in [2.45, 2.75) is 69.4 Å². The number of hydrogen-bond donors (Lipinski definition) is 4. The molecule has 3 atom stereocenters. The number of primary amides is 1. The topological polar surface area (TPSA) is 136 Å². The molecule has 1 aromatic rings. The van der Waals surface area contributed by atoms with E-state index in [9.17, 15) is 14.9 Å². The summed E-state index contributed by atoms with van der Waals surface area (Å²) < 4.78 is 5.46. The van der Waals surface area contributed by atoms with Gasteiger partial charge < -0.3 is 21.1 Å². The summed E-state index contributed by atoms with van der Waals surface area (Å²) in [5.74, 6) is 0.227. The van der Waals surface area contributed by atoms with Crippen LogP contribution in [-0.4, -0.2) is 79.0 Å². The van der Waals surface area contributed by atoms with E-state index in [4.69, 9.17) is 10.5 Å². The molecule has 10 heteroatoms. The minimum absolute atomic E-state index is 0.196. The number of nitrogens with two attached hydrogens (primary N) is 1. The summed E-state index contributed by atoms with van der Waals surface area (Å²) >= 11 is 0. The molecule has 37 heavy (non-hydrogen) atoms. The van der Waals surface area contributed by atoms with Crippen molar-refractivity contribution in [1.29, 1.82) is 5.26 Å². The summed E-state index contributed by atoms with van der Waals surface area (Å²) in [6.45, 7) is 4.29. The van der Waals surface area contributed by atoms with E-state index >= 15 is 0 Å². The second-order valence-corrected chi connectivity index (χ2v) is 10.6. The first kappa shape index (κ1) is 27.3. The molecule has 5 N–H and O–H groups in total. The quantitative estimate of drug-likeness (QED) is 0.349. The van der Waals surface area contributed by atoms with Gasteiger partial charge in [0, 0.05) is 32.7 Å². The fraction of sp³-hybridized carbons (Fsp3) is 0.667. The average Bonchev–Trinajstić information content (AvgIpc) is 3.31. The summed E-state index contributed by atoms with van der Waals surface area (Å²) in [6.07, 6.45) is 6.39. The number of hydrogen-bond acceptors (Lipinski definition) is 7. The fourth-order valence-corrected chi connectivity index (χ4v) is 5.82. The Morgan fingerprint density at radius 1 is 1.14 bits per heavy atom. The van der Waals surface area contributed by atoms with Crippen molar-refractivity contribution in [3.63, 3.8) is 0 Å². The number of ether oxygens (including phenoxy) is 1. The zero-order valence-electron chi connectivity index (χ0n) is 21.7. The molecule has 0 radical (unpaired) electrons. The zero-order chi connectivity index (χ0) is 26.1. The van der Waals surface area contributed by atoms with Gasteiger partial charge in [-0.2, -0.15) is 5.26 Å². The maximum atomic E-state index is 13.8. The lowest BCUT2D eigenvalue weighted by Gasteiger charge is -2.38. The predicted octanol–water partition coefficient (Wildman–Crippen LogP) is 1.48. The van der Waals surface area contributed by atoms with Crippen LogP contribution in [0.1, 0.15) is 50.5 Å². The number of carbonyl (C=O) groups excluding carboxylic acids is 2. The summed E-state index contributed by atoms with van der Waals surface area (Å²) in [7, 11) is 0. The van der Waals surface area contributed by atoms with Gasteiger partial charge in [0.05, 0.1) is 25.3 Å². The van der Waals surface area contributed by atoms with Crippen LogP contribution in [0.4, 0.5) is 4.79 Å². The minimum atomic E-state index is -0.941. The van der Waals surface area contributed by atoms with Crippen LogP contribution in [0, 0.1) is 17.2 Å². The van der Waals surface area contributed by atoms with Gasteiger partial charge in [-0.15, -0.1) is 0 Å². The Balaban J connectivity index is 1.46. The van der Waals surface area contributed by atoms with Crippen molar-refractivity contribution >= 4 is 11.9 Å². The Morgan fingerprint density at radius 2 is 1.86 bits per heavy atom. The molecule has 3 aliphatic rings. The van der Waals surface area contributed by atoms with Gasteiger partial charge in [0.25, 0.3) is 0 Å². The summed E-state index contributed by atoms with van der Waals surface area (Å²) in [5, 5.41) is 19.4. The monoisotopic (exact) mass is 511 g/mol. The van der Waals surface area contributed by atoms with E-state index < -0.39 is 23.9 Å². The van der Waals surface area contributed by atoms with Gasteiger partial charge in [-0.05, 0) is 24.3 Å². The van der Waals surface area contributed by atoms with Gasteiger partial charge in [-0.25, -0.2) is 4.79 Å². The molecule has 3 unspecified atom stereocenters. The third kappa shape index (κ3) is 7.89. The number of urea groups is 1. The average molecular weight is 512 g/mol. The fourth-order valence-electron chi connectivity index (χ4n) is 5.82. The molecule has 202 valence electrons. The highest BCUT2D eigenvalue weighted by Crippen LogP contribution is 2.28. The summed E-state index contributed by atoms with van der Waals surface area (Å²) in [5.41, 5.74) is 5.74. The van der Waals surface area contributed by atoms with Crippen LogP contribution in [0.15, 0.2) is 30.3 Å². The van der Waals surface area contributed by atoms with Gasteiger partial charge in [0.15, 0.2) is 0 Å². The molecule has 1 aliphatic carbocycles. The van der Waals surface area contributed by atoms with Gasteiger partial charge >= 0.3 is 6.03 Å². The Hall–Kier alpha value is -2.71. The molecule has 2 aliphatic heterocycles. The molecule has 1 aromatic carbocycles. The lowest BCUT2D eigenvalue weighted by molar-refractivity contribution is -0.126. The van der Waals surface area contributed by atoms with Gasteiger partial charge in [-0.3, -0.25) is 19.9 Å². The van der Waals surface area contributed by atoms with E-state index in [1.807, 2.05) is 23.1 Å². The van der Waals surface area contributed by atoms with E-state index in [2.05, 4.69) is 39.1 Å². The first-order valence-corrected chi connectivity index (χ1v) is 13.6. The highest BCUT2D eigenvalue weighted by atomic mass is 16.5. The molecule has 4 rings (SSSR count). The number of benzene rings is 1. The van der Waals surface area contributed by atoms with E-state index in [-0.39, 0.29) is 5.91 Å². The van der Waals surface area contributed by atoms with Gasteiger partial charge in [0.2, 0.25) is 5.91 Å². The Kier molecular flexibility index (Phi) is 9.75. The van der Waals surface area contributed by atoms with Crippen LogP contribution in [0.3, 0.4) is 0 Å². The molecular weight excluding hydrogens is 470 g/mol. The molecule has 2 heterocycles. The molecule has 1 saturated carbocycles. The Bertz CT molecular complexity index is 928. The lowest BCUT2D eigenvalue weighted by Crippen LogP contribution is -2.65. The predicted molar refractivity (Wildman–Crippen MR) is 140 cm³/mol. The maximum Gasteiger partial charge on any atom is 0.314 e. The Labute approximate surface area is 219 Å². The molecule has 0 spiro atoms. The number of likely N-dealkylation sites (tertiary alicyclic amines) is 1. The third-order valence-electron chi connectivity index (χ3n) is 7.83. The van der Waals surface area contributed by atoms with Crippen molar-refractivity contribution in [2.75, 3.05) is 39.4 Å². The zero-order valence-corrected chi connectivity index (χ0v) is 21.7. The number of rotatable bonds is 10. The number of nitrogens with one attached hydrogen (secondary N) is 3. The number of amides is 3. The van der Waals surface area contributed by atoms with Crippen molar-refractivity contribution in [2.24, 2.45) is 11.7 Å². The molecule has 10 nitrogen and oxygen atoms in total. The first-order valence-electron chi connectivity index (χ1n) is 13.6. The summed E-state index contributed by atoms with van der Waals surface area (Å²) in [6, 6.07) is 11.4. The van der Waals surface area contributed by atoms with Crippen LogP contribution in [0.5, 0.6) is 0 Å². The largest absolute Gasteiger partial charge is 0.379 e. The van der Waals surface area contributed by atoms with Crippen LogP contribution in [-0.2, 0) is 16.1 Å². The minimum Gasteiger partial charge on any atom is -0.379 e. The molecular formula is C27H41N7O3. The highest BCUT2D eigenvalue weighted by Gasteiger charge is 2.42. The number of nitriles is 1. The van der Waals surface area contributed by atoms with Crippen LogP contribution in [0.2, 0.25) is 0 Å². The van der Waals surface area contributed by atoms with Crippen molar-refractivity contribution in [3.05, 3.63) is 35.9 Å². The second-order valence-electron chi connectivity index (χ2n) is 10.6. The van der Waals surface area contributed by atoms with E-state index in [1.54, 1.807) is 0 Å². The van der Waals surface area contributed by atoms with Crippen LogP contribution in [0.25, 0.3) is 0 Å². The molecule has 0 aromatic heterocycles. The standard InChI is InChI=1S/C27H41N7O3/c28-19-27(11-12-33(20-27)18-22-9-5-2-6-10-22)32-24(35)23(17-21-7-3-1-4-8-21)30-26(31-25(29)36)34-13-15-37-16-14-34/h2,5-6,9-10,21,23,26,30H,1,3-4,7-8,11-18,20H2,(H,32,35)(H3,29,31,36). The first-order chi connectivity index (χ1) is 18.0. The van der Waals surface area contributed by atoms with E-state index in [0.29, 0.717) is 51.6 Å². The van der Waals surface area contributed by atoms with Crippen LogP contribution < -0.4 is 21.7 Å². The lowest BCUT2D eigenvalue weighted by atomic mass is 9.84. The SMILES string of the molecule is N#CC1(NC(=O)C(CC2CCCCC2)NC(NC(N)=O)N2CCOCC2)CCN(Cc2ccccc2)C1. The third-order valence-corrected chi connectivity index (χ3v) is 7.83. The maximum absolute atomic E-state index is 13.8. The summed E-state index contributed by atoms with van der Waals surface area (Å²) in [4.78, 5) is 29.8. The number of morpholine rings is 1. The second kappa shape index (κ2) is 13.2. The van der Waals surface area contributed by atoms with E-state index in [0.717, 1.165) is 25.9 Å². The molecule has 2 saturated heterocycles. The van der Waals surface area contributed by atoms with Gasteiger partial charge in [0.1, 0.15) is 11.8 Å². The number of nitrogens with zero attached hydrogens (tertiary/aromatic N) is 3. The van der Waals surface area contributed by atoms with Crippen molar-refractivity contribution in [3.8, 4) is 6.07 Å².